The van der Waals surface area contributed by atoms with Gasteiger partial charge in [0.15, 0.2) is 0 Å². The van der Waals surface area contributed by atoms with E-state index in [-0.39, 0.29) is 30.3 Å². The lowest BCUT2D eigenvalue weighted by molar-refractivity contribution is -0.140. The first-order valence-corrected chi connectivity index (χ1v) is 13.9. The summed E-state index contributed by atoms with van der Waals surface area (Å²) < 4.78 is 54.7. The third kappa shape index (κ3) is 7.85. The normalized spacial score (nSPS) is 12.2. The average molecular weight is 544 g/mol. The number of nitrogens with one attached hydrogen (secondary N) is 1. The first-order chi connectivity index (χ1) is 18.0. The average Bonchev–Trinajstić information content (AvgIpc) is 2.85. The van der Waals surface area contributed by atoms with E-state index in [9.17, 15) is 26.8 Å². The lowest BCUT2D eigenvalue weighted by Gasteiger charge is -2.34. The molecule has 7 nitrogen and oxygen atoms in total. The van der Waals surface area contributed by atoms with Crippen molar-refractivity contribution in [1.82, 2.24) is 10.2 Å². The van der Waals surface area contributed by atoms with Crippen LogP contribution in [-0.4, -0.2) is 50.0 Å². The van der Waals surface area contributed by atoms with Crippen molar-refractivity contribution >= 4 is 27.5 Å². The minimum absolute atomic E-state index is 0.0436. The molecule has 1 unspecified atom stereocenters. The molecule has 0 spiro atoms. The van der Waals surface area contributed by atoms with E-state index in [1.54, 1.807) is 44.2 Å². The van der Waals surface area contributed by atoms with Gasteiger partial charge in [0, 0.05) is 24.6 Å². The number of nitrogens with zero attached hydrogens (tertiary/aromatic N) is 2. The van der Waals surface area contributed by atoms with Crippen molar-refractivity contribution in [1.29, 1.82) is 0 Å². The molecule has 10 heteroatoms. The minimum Gasteiger partial charge on any atom is -0.352 e. The Morgan fingerprint density at radius 3 is 2.18 bits per heavy atom. The molecule has 1 atom stereocenters. The van der Waals surface area contributed by atoms with E-state index >= 15 is 0 Å². The van der Waals surface area contributed by atoms with Gasteiger partial charge in [0.1, 0.15) is 24.2 Å². The van der Waals surface area contributed by atoms with Gasteiger partial charge in [-0.2, -0.15) is 0 Å². The van der Waals surface area contributed by atoms with Crippen LogP contribution in [0.5, 0.6) is 0 Å². The SMILES string of the molecule is CC(C)NC(=O)C(Cc1ccccc1)N(Cc1ccccc1F)C(=O)CN(c1cccc(F)c1)S(C)(=O)=O. The van der Waals surface area contributed by atoms with Crippen LogP contribution in [0.3, 0.4) is 0 Å². The lowest BCUT2D eigenvalue weighted by atomic mass is 10.0. The second-order valence-corrected chi connectivity index (χ2v) is 11.1. The maximum atomic E-state index is 14.7. The fraction of sp³-hybridized carbons (Fsp3) is 0.286. The van der Waals surface area contributed by atoms with Crippen molar-refractivity contribution in [2.45, 2.75) is 38.9 Å². The molecule has 1 N–H and O–H groups in total. The van der Waals surface area contributed by atoms with Crippen molar-refractivity contribution in [3.63, 3.8) is 0 Å². The van der Waals surface area contributed by atoms with E-state index in [1.165, 1.54) is 35.2 Å². The van der Waals surface area contributed by atoms with Crippen LogP contribution < -0.4 is 9.62 Å². The van der Waals surface area contributed by atoms with Crippen LogP contribution in [-0.2, 0) is 32.6 Å². The van der Waals surface area contributed by atoms with Gasteiger partial charge >= 0.3 is 0 Å². The van der Waals surface area contributed by atoms with Crippen LogP contribution in [0.4, 0.5) is 14.5 Å². The van der Waals surface area contributed by atoms with Crippen LogP contribution >= 0.6 is 0 Å². The van der Waals surface area contributed by atoms with E-state index in [4.69, 9.17) is 0 Å². The van der Waals surface area contributed by atoms with Gasteiger partial charge in [-0.15, -0.1) is 0 Å². The topological polar surface area (TPSA) is 86.8 Å². The number of anilines is 1. The summed E-state index contributed by atoms with van der Waals surface area (Å²) in [7, 11) is -4.02. The summed E-state index contributed by atoms with van der Waals surface area (Å²) in [6, 6.07) is 18.4. The number of carbonyl (C=O) groups is 2. The number of amides is 2. The second kappa shape index (κ2) is 12.6. The third-order valence-corrected chi connectivity index (χ3v) is 6.92. The van der Waals surface area contributed by atoms with Crippen molar-refractivity contribution in [3.8, 4) is 0 Å². The largest absolute Gasteiger partial charge is 0.352 e. The maximum Gasteiger partial charge on any atom is 0.244 e. The molecule has 0 saturated carbocycles. The smallest absolute Gasteiger partial charge is 0.244 e. The van der Waals surface area contributed by atoms with E-state index in [0.29, 0.717) is 0 Å². The summed E-state index contributed by atoms with van der Waals surface area (Å²) >= 11 is 0. The Kier molecular flexibility index (Phi) is 9.57. The molecule has 0 heterocycles. The van der Waals surface area contributed by atoms with Crippen LogP contribution in [0.25, 0.3) is 0 Å². The molecule has 38 heavy (non-hydrogen) atoms. The summed E-state index contributed by atoms with van der Waals surface area (Å²) in [5.41, 5.74) is 0.874. The maximum absolute atomic E-state index is 14.7. The van der Waals surface area contributed by atoms with Gasteiger partial charge in [-0.3, -0.25) is 13.9 Å². The third-order valence-electron chi connectivity index (χ3n) is 5.78. The van der Waals surface area contributed by atoms with E-state index < -0.39 is 46.1 Å². The molecule has 0 fully saturated rings. The molecule has 3 aromatic rings. The highest BCUT2D eigenvalue weighted by Gasteiger charge is 2.33. The van der Waals surface area contributed by atoms with Gasteiger partial charge in [0.25, 0.3) is 0 Å². The van der Waals surface area contributed by atoms with Gasteiger partial charge < -0.3 is 10.2 Å². The summed E-state index contributed by atoms with van der Waals surface area (Å²) in [5.74, 6) is -2.46. The molecule has 2 amide bonds. The monoisotopic (exact) mass is 543 g/mol. The van der Waals surface area contributed by atoms with Crippen LogP contribution in [0, 0.1) is 11.6 Å². The fourth-order valence-electron chi connectivity index (χ4n) is 3.99. The number of benzene rings is 3. The van der Waals surface area contributed by atoms with Crippen molar-refractivity contribution in [2.75, 3.05) is 17.1 Å². The predicted molar refractivity (Wildman–Crippen MR) is 143 cm³/mol. The van der Waals surface area contributed by atoms with Crippen molar-refractivity contribution in [2.24, 2.45) is 0 Å². The summed E-state index contributed by atoms with van der Waals surface area (Å²) in [6.45, 7) is 2.55. The molecule has 0 aliphatic carbocycles. The Hall–Kier alpha value is -3.79. The fourth-order valence-corrected chi connectivity index (χ4v) is 4.83. The molecule has 0 aromatic heterocycles. The van der Waals surface area contributed by atoms with E-state index in [1.807, 2.05) is 6.07 Å². The predicted octanol–water partition coefficient (Wildman–Crippen LogP) is 3.90. The summed E-state index contributed by atoms with van der Waals surface area (Å²) in [6.07, 6.45) is 1.01. The molecule has 0 aliphatic rings. The molecule has 0 bridgehead atoms. The van der Waals surface area contributed by atoms with Crippen molar-refractivity contribution in [3.05, 3.63) is 102 Å². The Morgan fingerprint density at radius 1 is 0.921 bits per heavy atom. The number of halogens is 2. The molecule has 0 aliphatic heterocycles. The molecule has 3 aromatic carbocycles. The molecule has 3 rings (SSSR count). The number of hydrogen-bond acceptors (Lipinski definition) is 4. The van der Waals surface area contributed by atoms with Gasteiger partial charge in [-0.25, -0.2) is 17.2 Å². The zero-order chi connectivity index (χ0) is 27.9. The molecular formula is C28H31F2N3O4S. The molecular weight excluding hydrogens is 512 g/mol. The highest BCUT2D eigenvalue weighted by molar-refractivity contribution is 7.92. The second-order valence-electron chi connectivity index (χ2n) is 9.23. The molecule has 0 saturated heterocycles. The van der Waals surface area contributed by atoms with E-state index in [0.717, 1.165) is 28.3 Å². The Balaban J connectivity index is 2.07. The first-order valence-electron chi connectivity index (χ1n) is 12.1. The highest BCUT2D eigenvalue weighted by Crippen LogP contribution is 2.21. The van der Waals surface area contributed by atoms with Gasteiger partial charge in [-0.1, -0.05) is 54.6 Å². The van der Waals surface area contributed by atoms with Gasteiger partial charge in [-0.05, 0) is 43.7 Å². The zero-order valence-corrected chi connectivity index (χ0v) is 22.3. The minimum atomic E-state index is -4.02. The van der Waals surface area contributed by atoms with E-state index in [2.05, 4.69) is 5.32 Å². The Labute approximate surface area is 222 Å². The van der Waals surface area contributed by atoms with Crippen LogP contribution in [0.2, 0.25) is 0 Å². The number of rotatable bonds is 11. The van der Waals surface area contributed by atoms with Gasteiger partial charge in [0.2, 0.25) is 21.8 Å². The quantitative estimate of drug-likeness (QED) is 0.398. The lowest BCUT2D eigenvalue weighted by Crippen LogP contribution is -2.54. The number of sulfonamides is 1. The first kappa shape index (κ1) is 28.8. The van der Waals surface area contributed by atoms with Gasteiger partial charge in [0.05, 0.1) is 11.9 Å². The number of hydrogen-bond donors (Lipinski definition) is 1. The zero-order valence-electron chi connectivity index (χ0n) is 21.5. The van der Waals surface area contributed by atoms with Crippen molar-refractivity contribution < 1.29 is 26.8 Å². The molecule has 0 radical (unpaired) electrons. The Morgan fingerprint density at radius 2 is 1.58 bits per heavy atom. The van der Waals surface area contributed by atoms with Crippen LogP contribution in [0.1, 0.15) is 25.0 Å². The Bertz CT molecular complexity index is 1370. The standard InChI is InChI=1S/C28H31F2N3O4S/c1-20(2)31-28(35)26(16-21-10-5-4-6-11-21)32(18-22-12-7-8-15-25(22)30)27(34)19-33(38(3,36)37)24-14-9-13-23(29)17-24/h4-15,17,20,26H,16,18-19H2,1-3H3,(H,31,35). The molecule has 202 valence electrons. The highest BCUT2D eigenvalue weighted by atomic mass is 32.2. The summed E-state index contributed by atoms with van der Waals surface area (Å²) in [5, 5.41) is 2.81. The number of carbonyl (C=O) groups excluding carboxylic acids is 2. The summed E-state index contributed by atoms with van der Waals surface area (Å²) in [4.78, 5) is 28.4. The van der Waals surface area contributed by atoms with Crippen LogP contribution in [0.15, 0.2) is 78.9 Å².